The average molecular weight is 658 g/mol. The van der Waals surface area contributed by atoms with Gasteiger partial charge in [-0.1, -0.05) is 12.1 Å². The first-order valence-electron chi connectivity index (χ1n) is 9.68. The second kappa shape index (κ2) is 11.3. The van der Waals surface area contributed by atoms with Gasteiger partial charge in [0.05, 0.1) is 11.4 Å². The third kappa shape index (κ3) is 7.22. The molecule has 0 radical (unpaired) electrons. The molecule has 0 spiro atoms. The molecule has 0 aliphatic carbocycles. The summed E-state index contributed by atoms with van der Waals surface area (Å²) in [6.45, 7) is 2.43. The van der Waals surface area contributed by atoms with E-state index < -0.39 is 0 Å². The Hall–Kier alpha value is -2.62. The zero-order valence-electron chi connectivity index (χ0n) is 17.2. The molecule has 1 heterocycles. The predicted octanol–water partition coefficient (Wildman–Crippen LogP) is 1.74. The number of aliphatic imine (C=N–C) groups is 4. The smallest absolute Gasteiger partial charge is 0.223 e. The molecule has 1 fully saturated rings. The number of nitrogens with zero attached hydrogens (tertiary/aromatic N) is 6. The SMILES string of the molecule is NC(=Nc1cccc(I)c1)/N=C(\N)N1CCN(/C(N)=N/C(N)=Nc2cccc(I)c2)CC1. The van der Waals surface area contributed by atoms with E-state index in [9.17, 15) is 0 Å². The molecule has 10 nitrogen and oxygen atoms in total. The fourth-order valence-corrected chi connectivity index (χ4v) is 4.00. The molecule has 32 heavy (non-hydrogen) atoms. The summed E-state index contributed by atoms with van der Waals surface area (Å²) in [6, 6.07) is 15.3. The van der Waals surface area contributed by atoms with Crippen molar-refractivity contribution in [3.8, 4) is 0 Å². The van der Waals surface area contributed by atoms with Crippen molar-refractivity contribution in [1.29, 1.82) is 0 Å². The maximum Gasteiger partial charge on any atom is 0.223 e. The van der Waals surface area contributed by atoms with E-state index in [2.05, 4.69) is 65.2 Å². The van der Waals surface area contributed by atoms with Crippen molar-refractivity contribution < 1.29 is 0 Å². The van der Waals surface area contributed by atoms with Crippen LogP contribution in [-0.4, -0.2) is 59.8 Å². The molecule has 0 unspecified atom stereocenters. The number of benzene rings is 2. The van der Waals surface area contributed by atoms with Crippen molar-refractivity contribution in [2.75, 3.05) is 26.2 Å². The molecule has 0 aromatic heterocycles. The van der Waals surface area contributed by atoms with Gasteiger partial charge in [0.25, 0.3) is 0 Å². The molecular weight excluding hydrogens is 634 g/mol. The molecule has 2 aromatic carbocycles. The minimum Gasteiger partial charge on any atom is -0.369 e. The maximum absolute atomic E-state index is 6.13. The highest BCUT2D eigenvalue weighted by atomic mass is 127. The minimum absolute atomic E-state index is 0.104. The molecule has 8 N–H and O–H groups in total. The lowest BCUT2D eigenvalue weighted by Crippen LogP contribution is -2.54. The summed E-state index contributed by atoms with van der Waals surface area (Å²) >= 11 is 4.43. The number of guanidine groups is 4. The second-order valence-electron chi connectivity index (χ2n) is 6.81. The highest BCUT2D eigenvalue weighted by Crippen LogP contribution is 2.16. The first-order valence-corrected chi connectivity index (χ1v) is 11.8. The summed E-state index contributed by atoms with van der Waals surface area (Å²) in [5.41, 5.74) is 25.6. The van der Waals surface area contributed by atoms with Crippen LogP contribution in [0.3, 0.4) is 0 Å². The van der Waals surface area contributed by atoms with E-state index in [1.807, 2.05) is 58.3 Å². The minimum atomic E-state index is 0.104. The van der Waals surface area contributed by atoms with Gasteiger partial charge in [0.2, 0.25) is 11.9 Å². The first-order chi connectivity index (χ1) is 15.3. The van der Waals surface area contributed by atoms with Gasteiger partial charge in [0.1, 0.15) is 0 Å². The summed E-state index contributed by atoms with van der Waals surface area (Å²) in [5.74, 6) is 0.832. The van der Waals surface area contributed by atoms with Gasteiger partial charge in [-0.3, -0.25) is 0 Å². The molecule has 12 heteroatoms. The van der Waals surface area contributed by atoms with Crippen molar-refractivity contribution in [2.24, 2.45) is 42.9 Å². The molecule has 1 aliphatic heterocycles. The largest absolute Gasteiger partial charge is 0.369 e. The van der Waals surface area contributed by atoms with Crippen molar-refractivity contribution in [2.45, 2.75) is 0 Å². The highest BCUT2D eigenvalue weighted by Gasteiger charge is 2.20. The zero-order valence-corrected chi connectivity index (χ0v) is 21.5. The van der Waals surface area contributed by atoms with Crippen molar-refractivity contribution in [3.63, 3.8) is 0 Å². The van der Waals surface area contributed by atoms with E-state index in [1.165, 1.54) is 0 Å². The van der Waals surface area contributed by atoms with Gasteiger partial charge in [-0.2, -0.15) is 9.98 Å². The molecule has 0 atom stereocenters. The molecular formula is C20H24I2N10. The second-order valence-corrected chi connectivity index (χ2v) is 9.31. The predicted molar refractivity (Wildman–Crippen MR) is 147 cm³/mol. The number of hydrogen-bond acceptors (Lipinski definition) is 2. The van der Waals surface area contributed by atoms with E-state index in [0.717, 1.165) is 18.5 Å². The summed E-state index contributed by atoms with van der Waals surface area (Å²) in [7, 11) is 0. The lowest BCUT2D eigenvalue weighted by molar-refractivity contribution is 0.255. The number of rotatable bonds is 2. The zero-order chi connectivity index (χ0) is 23.1. The summed E-state index contributed by atoms with van der Waals surface area (Å²) < 4.78 is 2.13. The van der Waals surface area contributed by atoms with Gasteiger partial charge in [0.15, 0.2) is 11.9 Å². The van der Waals surface area contributed by atoms with Crippen LogP contribution in [0.25, 0.3) is 0 Å². The molecule has 0 bridgehead atoms. The quantitative estimate of drug-likeness (QED) is 0.219. The van der Waals surface area contributed by atoms with Crippen molar-refractivity contribution in [1.82, 2.24) is 9.80 Å². The third-order valence-electron chi connectivity index (χ3n) is 4.49. The van der Waals surface area contributed by atoms with E-state index in [0.29, 0.717) is 38.1 Å². The summed E-state index contributed by atoms with van der Waals surface area (Å²) in [4.78, 5) is 20.9. The molecule has 1 saturated heterocycles. The van der Waals surface area contributed by atoms with Crippen LogP contribution in [-0.2, 0) is 0 Å². The van der Waals surface area contributed by atoms with E-state index in [4.69, 9.17) is 22.9 Å². The van der Waals surface area contributed by atoms with Crippen LogP contribution in [0, 0.1) is 7.14 Å². The Morgan fingerprint density at radius 2 is 1.03 bits per heavy atom. The molecule has 168 valence electrons. The van der Waals surface area contributed by atoms with Crippen LogP contribution in [0.4, 0.5) is 11.4 Å². The van der Waals surface area contributed by atoms with Crippen molar-refractivity contribution >= 4 is 80.4 Å². The molecule has 0 amide bonds. The van der Waals surface area contributed by atoms with E-state index >= 15 is 0 Å². The van der Waals surface area contributed by atoms with Gasteiger partial charge in [-0.05, 0) is 81.6 Å². The third-order valence-corrected chi connectivity index (χ3v) is 5.83. The lowest BCUT2D eigenvalue weighted by atomic mass is 10.3. The van der Waals surface area contributed by atoms with Gasteiger partial charge in [-0.25, -0.2) is 9.98 Å². The number of piperazine rings is 1. The van der Waals surface area contributed by atoms with E-state index in [-0.39, 0.29) is 11.9 Å². The van der Waals surface area contributed by atoms with Crippen LogP contribution in [0.5, 0.6) is 0 Å². The van der Waals surface area contributed by atoms with Crippen LogP contribution in [0.1, 0.15) is 0 Å². The molecule has 3 rings (SSSR count). The monoisotopic (exact) mass is 658 g/mol. The molecule has 2 aromatic rings. The van der Waals surface area contributed by atoms with Crippen LogP contribution in [0.15, 0.2) is 68.5 Å². The average Bonchev–Trinajstić information content (AvgIpc) is 2.73. The highest BCUT2D eigenvalue weighted by molar-refractivity contribution is 14.1. The first kappa shape index (κ1) is 24.0. The van der Waals surface area contributed by atoms with Gasteiger partial charge < -0.3 is 32.7 Å². The lowest BCUT2D eigenvalue weighted by Gasteiger charge is -2.35. The molecule has 1 aliphatic rings. The normalized spacial score (nSPS) is 16.4. The number of halogens is 2. The van der Waals surface area contributed by atoms with Crippen LogP contribution < -0.4 is 22.9 Å². The Balaban J connectivity index is 1.58. The van der Waals surface area contributed by atoms with Gasteiger partial charge in [0, 0.05) is 33.3 Å². The maximum atomic E-state index is 6.13. The Morgan fingerprint density at radius 3 is 1.38 bits per heavy atom. The summed E-state index contributed by atoms with van der Waals surface area (Å²) in [5, 5.41) is 0. The number of hydrogen-bond donors (Lipinski definition) is 4. The fourth-order valence-electron chi connectivity index (χ4n) is 2.95. The fraction of sp³-hybridized carbons (Fsp3) is 0.200. The van der Waals surface area contributed by atoms with Crippen molar-refractivity contribution in [3.05, 3.63) is 55.7 Å². The Kier molecular flexibility index (Phi) is 8.49. The van der Waals surface area contributed by atoms with E-state index in [1.54, 1.807) is 0 Å². The van der Waals surface area contributed by atoms with Gasteiger partial charge in [-0.15, -0.1) is 0 Å². The Bertz CT molecular complexity index is 986. The number of nitrogens with two attached hydrogens (primary N) is 4. The Labute approximate surface area is 213 Å². The molecule has 0 saturated carbocycles. The summed E-state index contributed by atoms with van der Waals surface area (Å²) in [6.07, 6.45) is 0. The standard InChI is InChI=1S/C20H24I2N10/c21-13-3-1-5-15(11-13)27-17(23)29-19(25)31-7-9-32(10-8-31)20(26)30-18(24)28-16-6-2-4-14(22)12-16/h1-6,11-12H,7-10H2,(H4,23,25,27,29)(H4,24,26,28,30). The van der Waals surface area contributed by atoms with Gasteiger partial charge >= 0.3 is 0 Å². The Morgan fingerprint density at radius 1 is 0.656 bits per heavy atom. The van der Waals surface area contributed by atoms with Crippen LogP contribution in [0.2, 0.25) is 0 Å². The topological polar surface area (TPSA) is 160 Å². The van der Waals surface area contributed by atoms with Crippen LogP contribution >= 0.6 is 45.2 Å².